The van der Waals surface area contributed by atoms with Crippen LogP contribution in [-0.4, -0.2) is 38.0 Å². The van der Waals surface area contributed by atoms with Crippen LogP contribution in [0, 0.1) is 28.1 Å². The Hall–Kier alpha value is -1.08. The van der Waals surface area contributed by atoms with Gasteiger partial charge in [-0.3, -0.25) is 4.79 Å². The molecule has 1 amide bonds. The molecule has 1 saturated carbocycles. The van der Waals surface area contributed by atoms with Crippen molar-refractivity contribution in [1.29, 1.82) is 5.26 Å². The Kier molecular flexibility index (Phi) is 4.39. The number of nitriles is 1. The second kappa shape index (κ2) is 5.27. The molecule has 4 heteroatoms. The molecule has 0 bridgehead atoms. The second-order valence-corrected chi connectivity index (χ2v) is 6.79. The van der Waals surface area contributed by atoms with Gasteiger partial charge in [0.05, 0.1) is 6.07 Å². The first-order valence-electron chi connectivity index (χ1n) is 6.55. The molecule has 0 aromatic rings. The smallest absolute Gasteiger partial charge is 0.240 e. The summed E-state index contributed by atoms with van der Waals surface area (Å²) in [7, 11) is 4.04. The lowest BCUT2D eigenvalue weighted by Crippen LogP contribution is -2.50. The van der Waals surface area contributed by atoms with Crippen molar-refractivity contribution >= 4 is 5.91 Å². The maximum Gasteiger partial charge on any atom is 0.240 e. The van der Waals surface area contributed by atoms with Crippen LogP contribution in [0.15, 0.2) is 0 Å². The van der Waals surface area contributed by atoms with Gasteiger partial charge in [0.15, 0.2) is 0 Å². The molecule has 0 atom stereocenters. The molecule has 102 valence electrons. The Labute approximate surface area is 110 Å². The minimum Gasteiger partial charge on any atom is -0.354 e. The van der Waals surface area contributed by atoms with Crippen LogP contribution >= 0.6 is 0 Å². The summed E-state index contributed by atoms with van der Waals surface area (Å²) < 4.78 is 0. The average molecular weight is 251 g/mol. The Morgan fingerprint density at radius 1 is 1.50 bits per heavy atom. The fraction of sp³-hybridized carbons (Fsp3) is 0.857. The van der Waals surface area contributed by atoms with Gasteiger partial charge < -0.3 is 10.2 Å². The highest BCUT2D eigenvalue weighted by Gasteiger charge is 2.49. The molecular weight excluding hydrogens is 226 g/mol. The third-order valence-electron chi connectivity index (χ3n) is 3.51. The Bertz CT molecular complexity index is 349. The van der Waals surface area contributed by atoms with Gasteiger partial charge in [0.25, 0.3) is 0 Å². The third kappa shape index (κ3) is 3.46. The van der Waals surface area contributed by atoms with E-state index in [1.54, 1.807) is 0 Å². The van der Waals surface area contributed by atoms with Gasteiger partial charge in [-0.25, -0.2) is 0 Å². The Morgan fingerprint density at radius 3 is 2.44 bits per heavy atom. The van der Waals surface area contributed by atoms with E-state index < -0.39 is 5.41 Å². The lowest BCUT2D eigenvalue weighted by Gasteiger charge is -2.40. The van der Waals surface area contributed by atoms with Crippen LogP contribution in [0.3, 0.4) is 0 Å². The summed E-state index contributed by atoms with van der Waals surface area (Å²) in [4.78, 5) is 14.2. The molecule has 0 radical (unpaired) electrons. The van der Waals surface area contributed by atoms with Crippen molar-refractivity contribution in [3.05, 3.63) is 0 Å². The standard InChI is InChI=1S/C14H25N3O/c1-11-6-14(7-11,8-15)12(18)16-9-13(2,3)10-17(4)5/h11H,6-7,9-10H2,1-5H3,(H,16,18). The lowest BCUT2D eigenvalue weighted by molar-refractivity contribution is -0.134. The van der Waals surface area contributed by atoms with Gasteiger partial charge in [0.1, 0.15) is 5.41 Å². The van der Waals surface area contributed by atoms with Gasteiger partial charge in [-0.05, 0) is 38.3 Å². The summed E-state index contributed by atoms with van der Waals surface area (Å²) in [5.41, 5.74) is -0.737. The molecule has 0 unspecified atom stereocenters. The van der Waals surface area contributed by atoms with Crippen molar-refractivity contribution in [3.63, 3.8) is 0 Å². The molecule has 4 nitrogen and oxygen atoms in total. The topological polar surface area (TPSA) is 56.1 Å². The molecule has 0 aromatic heterocycles. The van der Waals surface area contributed by atoms with Crippen LogP contribution in [0.5, 0.6) is 0 Å². The maximum absolute atomic E-state index is 12.1. The van der Waals surface area contributed by atoms with Crippen LogP contribution in [0.25, 0.3) is 0 Å². The maximum atomic E-state index is 12.1. The molecule has 0 aliphatic heterocycles. The van der Waals surface area contributed by atoms with Crippen LogP contribution < -0.4 is 5.32 Å². The van der Waals surface area contributed by atoms with Crippen molar-refractivity contribution in [2.75, 3.05) is 27.2 Å². The van der Waals surface area contributed by atoms with E-state index in [0.29, 0.717) is 25.3 Å². The van der Waals surface area contributed by atoms with Gasteiger partial charge in [-0.2, -0.15) is 5.26 Å². The van der Waals surface area contributed by atoms with Gasteiger partial charge >= 0.3 is 0 Å². The summed E-state index contributed by atoms with van der Waals surface area (Å²) in [6, 6.07) is 2.20. The third-order valence-corrected chi connectivity index (χ3v) is 3.51. The predicted molar refractivity (Wildman–Crippen MR) is 71.8 cm³/mol. The highest BCUT2D eigenvalue weighted by Crippen LogP contribution is 2.45. The molecule has 0 spiro atoms. The molecule has 0 heterocycles. The molecule has 1 N–H and O–H groups in total. The monoisotopic (exact) mass is 251 g/mol. The van der Waals surface area contributed by atoms with E-state index in [2.05, 4.69) is 37.1 Å². The summed E-state index contributed by atoms with van der Waals surface area (Å²) in [6.07, 6.45) is 1.40. The van der Waals surface area contributed by atoms with E-state index in [9.17, 15) is 10.1 Å². The number of nitrogens with one attached hydrogen (secondary N) is 1. The van der Waals surface area contributed by atoms with E-state index >= 15 is 0 Å². The van der Waals surface area contributed by atoms with E-state index in [4.69, 9.17) is 0 Å². The summed E-state index contributed by atoms with van der Waals surface area (Å²) in [6.45, 7) is 7.84. The largest absolute Gasteiger partial charge is 0.354 e. The number of carbonyl (C=O) groups excluding carboxylic acids is 1. The van der Waals surface area contributed by atoms with Crippen LogP contribution in [0.1, 0.15) is 33.6 Å². The lowest BCUT2D eigenvalue weighted by atomic mass is 9.63. The normalized spacial score (nSPS) is 27.5. The zero-order chi connectivity index (χ0) is 14.0. The zero-order valence-corrected chi connectivity index (χ0v) is 12.2. The fourth-order valence-corrected chi connectivity index (χ4v) is 2.86. The second-order valence-electron chi connectivity index (χ2n) is 6.79. The summed E-state index contributed by atoms with van der Waals surface area (Å²) >= 11 is 0. The number of hydrogen-bond donors (Lipinski definition) is 1. The van der Waals surface area contributed by atoms with Crippen LogP contribution in [0.4, 0.5) is 0 Å². The molecular formula is C14H25N3O. The molecule has 1 fully saturated rings. The van der Waals surface area contributed by atoms with Crippen molar-refractivity contribution in [3.8, 4) is 6.07 Å². The number of nitrogens with zero attached hydrogens (tertiary/aromatic N) is 2. The van der Waals surface area contributed by atoms with Gasteiger partial charge in [0.2, 0.25) is 5.91 Å². The predicted octanol–water partition coefficient (Wildman–Crippen LogP) is 1.63. The van der Waals surface area contributed by atoms with Crippen molar-refractivity contribution in [2.24, 2.45) is 16.7 Å². The quantitative estimate of drug-likeness (QED) is 0.808. The molecule has 1 rings (SSSR count). The van der Waals surface area contributed by atoms with E-state index in [-0.39, 0.29) is 11.3 Å². The highest BCUT2D eigenvalue weighted by atomic mass is 16.2. The van der Waals surface area contributed by atoms with Crippen molar-refractivity contribution in [2.45, 2.75) is 33.6 Å². The van der Waals surface area contributed by atoms with Gasteiger partial charge in [-0.1, -0.05) is 20.8 Å². The molecule has 0 aromatic carbocycles. The van der Waals surface area contributed by atoms with Crippen molar-refractivity contribution in [1.82, 2.24) is 10.2 Å². The molecule has 1 aliphatic rings. The number of rotatable bonds is 5. The zero-order valence-electron chi connectivity index (χ0n) is 12.2. The summed E-state index contributed by atoms with van der Waals surface area (Å²) in [5, 5.41) is 12.1. The molecule has 0 saturated heterocycles. The highest BCUT2D eigenvalue weighted by molar-refractivity contribution is 5.86. The minimum absolute atomic E-state index is 0.0190. The van der Waals surface area contributed by atoms with Crippen molar-refractivity contribution < 1.29 is 4.79 Å². The number of carbonyl (C=O) groups is 1. The number of amides is 1. The van der Waals surface area contributed by atoms with Crippen LogP contribution in [-0.2, 0) is 4.79 Å². The van der Waals surface area contributed by atoms with E-state index in [1.807, 2.05) is 14.1 Å². The minimum atomic E-state index is -0.756. The SMILES string of the molecule is CC1CC(C#N)(C(=O)NCC(C)(C)CN(C)C)C1. The summed E-state index contributed by atoms with van der Waals surface area (Å²) in [5.74, 6) is 0.403. The van der Waals surface area contributed by atoms with Gasteiger partial charge in [0, 0.05) is 13.1 Å². The molecule has 18 heavy (non-hydrogen) atoms. The Morgan fingerprint density at radius 2 is 2.06 bits per heavy atom. The Balaban J connectivity index is 2.49. The molecule has 1 aliphatic carbocycles. The van der Waals surface area contributed by atoms with E-state index in [0.717, 1.165) is 6.54 Å². The number of hydrogen-bond acceptors (Lipinski definition) is 3. The average Bonchev–Trinajstić information content (AvgIpc) is 2.19. The first-order valence-corrected chi connectivity index (χ1v) is 6.55. The van der Waals surface area contributed by atoms with Gasteiger partial charge in [-0.15, -0.1) is 0 Å². The fourth-order valence-electron chi connectivity index (χ4n) is 2.86. The van der Waals surface area contributed by atoms with Crippen LogP contribution in [0.2, 0.25) is 0 Å². The first-order chi connectivity index (χ1) is 8.21. The van der Waals surface area contributed by atoms with E-state index in [1.165, 1.54) is 0 Å². The first kappa shape index (κ1) is 15.0.